The van der Waals surface area contributed by atoms with Crippen LogP contribution in [0.25, 0.3) is 0 Å². The molecule has 2 aromatic carbocycles. The Labute approximate surface area is 164 Å². The Kier molecular flexibility index (Phi) is 6.98. The van der Waals surface area contributed by atoms with E-state index < -0.39 is 23.2 Å². The molecule has 2 N–H and O–H groups in total. The third-order valence-corrected chi connectivity index (χ3v) is 5.30. The number of carbonyl (C=O) groups excluding carboxylic acids is 1. The van der Waals surface area contributed by atoms with E-state index in [4.69, 9.17) is 0 Å². The molecule has 1 aliphatic carbocycles. The van der Waals surface area contributed by atoms with Gasteiger partial charge in [0.05, 0.1) is 6.54 Å². The second kappa shape index (κ2) is 9.64. The summed E-state index contributed by atoms with van der Waals surface area (Å²) in [6, 6.07) is 11.9. The maximum absolute atomic E-state index is 13.7. The van der Waals surface area contributed by atoms with E-state index in [0.29, 0.717) is 6.04 Å². The third kappa shape index (κ3) is 5.29. The van der Waals surface area contributed by atoms with Gasteiger partial charge in [0.1, 0.15) is 17.3 Å². The molecule has 0 saturated heterocycles. The van der Waals surface area contributed by atoms with Gasteiger partial charge in [-0.05, 0) is 43.7 Å². The molecule has 0 atom stereocenters. The molecule has 0 heterocycles. The van der Waals surface area contributed by atoms with E-state index in [2.05, 4.69) is 22.6 Å². The predicted molar refractivity (Wildman–Crippen MR) is 108 cm³/mol. The average Bonchev–Trinajstić information content (AvgIpc) is 2.71. The van der Waals surface area contributed by atoms with Crippen LogP contribution < -0.4 is 10.6 Å². The van der Waals surface area contributed by atoms with Crippen molar-refractivity contribution in [1.29, 1.82) is 0 Å². The summed E-state index contributed by atoms with van der Waals surface area (Å²) in [6.45, 7) is 0.718. The van der Waals surface area contributed by atoms with Crippen molar-refractivity contribution in [2.24, 2.45) is 0 Å². The van der Waals surface area contributed by atoms with Gasteiger partial charge in [0.25, 0.3) is 0 Å². The molecule has 0 bridgehead atoms. The van der Waals surface area contributed by atoms with Crippen molar-refractivity contribution < 1.29 is 13.6 Å². The molecule has 1 saturated carbocycles. The fourth-order valence-electron chi connectivity index (χ4n) is 3.73. The zero-order chi connectivity index (χ0) is 19.9. The molecule has 4 nitrogen and oxygen atoms in total. The van der Waals surface area contributed by atoms with Gasteiger partial charge < -0.3 is 10.6 Å². The molecule has 28 heavy (non-hydrogen) atoms. The standard InChI is InChI=1S/C22H27F2N3O/c1-27(17-9-3-2-4-10-17)15-16-8-5-6-13-20(16)25-14-21(28)26-22-18(23)11-7-12-19(22)24/h5-8,11-13,17,25H,2-4,9-10,14-15H2,1H3,(H,26,28). The van der Waals surface area contributed by atoms with Crippen molar-refractivity contribution in [3.63, 3.8) is 0 Å². The molecule has 0 aliphatic heterocycles. The lowest BCUT2D eigenvalue weighted by Gasteiger charge is -2.31. The van der Waals surface area contributed by atoms with Crippen LogP contribution in [0.1, 0.15) is 37.7 Å². The minimum Gasteiger partial charge on any atom is -0.376 e. The molecule has 0 spiro atoms. The number of nitrogens with one attached hydrogen (secondary N) is 2. The summed E-state index contributed by atoms with van der Waals surface area (Å²) < 4.78 is 27.4. The number of para-hydroxylation sites is 2. The molecule has 0 aromatic heterocycles. The topological polar surface area (TPSA) is 44.4 Å². The van der Waals surface area contributed by atoms with E-state index in [0.717, 1.165) is 29.9 Å². The molecule has 150 valence electrons. The van der Waals surface area contributed by atoms with Crippen molar-refractivity contribution in [3.8, 4) is 0 Å². The first-order valence-corrected chi connectivity index (χ1v) is 9.80. The van der Waals surface area contributed by atoms with Crippen LogP contribution in [0.5, 0.6) is 0 Å². The molecule has 0 radical (unpaired) electrons. The smallest absolute Gasteiger partial charge is 0.243 e. The Morgan fingerprint density at radius 3 is 2.43 bits per heavy atom. The molecule has 6 heteroatoms. The van der Waals surface area contributed by atoms with Crippen molar-refractivity contribution in [2.75, 3.05) is 24.2 Å². The van der Waals surface area contributed by atoms with E-state index >= 15 is 0 Å². The molecule has 1 fully saturated rings. The first-order chi connectivity index (χ1) is 13.5. The zero-order valence-corrected chi connectivity index (χ0v) is 16.2. The SMILES string of the molecule is CN(Cc1ccccc1NCC(=O)Nc1c(F)cccc1F)C1CCCCC1. The summed E-state index contributed by atoms with van der Waals surface area (Å²) in [5.74, 6) is -2.08. The zero-order valence-electron chi connectivity index (χ0n) is 16.2. The largest absolute Gasteiger partial charge is 0.376 e. The summed E-state index contributed by atoms with van der Waals surface area (Å²) in [4.78, 5) is 14.5. The van der Waals surface area contributed by atoms with Crippen LogP contribution in [-0.4, -0.2) is 30.4 Å². The van der Waals surface area contributed by atoms with E-state index in [1.54, 1.807) is 0 Å². The molecule has 0 unspecified atom stereocenters. The highest BCUT2D eigenvalue weighted by Gasteiger charge is 2.19. The molecule has 3 rings (SSSR count). The fourth-order valence-corrected chi connectivity index (χ4v) is 3.73. The highest BCUT2D eigenvalue weighted by atomic mass is 19.1. The molecule has 2 aromatic rings. The van der Waals surface area contributed by atoms with E-state index in [9.17, 15) is 13.6 Å². The Hall–Kier alpha value is -2.47. The van der Waals surface area contributed by atoms with Gasteiger partial charge in [-0.2, -0.15) is 0 Å². The third-order valence-electron chi connectivity index (χ3n) is 5.30. The Morgan fingerprint density at radius 2 is 1.71 bits per heavy atom. The maximum Gasteiger partial charge on any atom is 0.243 e. The lowest BCUT2D eigenvalue weighted by Crippen LogP contribution is -2.33. The van der Waals surface area contributed by atoms with Crippen LogP contribution in [0.15, 0.2) is 42.5 Å². The summed E-state index contributed by atoms with van der Waals surface area (Å²) >= 11 is 0. The van der Waals surface area contributed by atoms with Gasteiger partial charge in [-0.3, -0.25) is 9.69 Å². The minimum atomic E-state index is -0.789. The number of rotatable bonds is 7. The maximum atomic E-state index is 13.7. The van der Waals surface area contributed by atoms with Gasteiger partial charge in [0, 0.05) is 18.3 Å². The van der Waals surface area contributed by atoms with Crippen LogP contribution in [0.3, 0.4) is 0 Å². The minimum absolute atomic E-state index is 0.0715. The second-order valence-corrected chi connectivity index (χ2v) is 7.36. The summed E-state index contributed by atoms with van der Waals surface area (Å²) in [5, 5.41) is 5.40. The first kappa shape index (κ1) is 20.3. The van der Waals surface area contributed by atoms with Crippen LogP contribution >= 0.6 is 0 Å². The van der Waals surface area contributed by atoms with Crippen molar-refractivity contribution in [2.45, 2.75) is 44.7 Å². The van der Waals surface area contributed by atoms with Crippen LogP contribution in [0, 0.1) is 11.6 Å². The van der Waals surface area contributed by atoms with Crippen LogP contribution in [0.4, 0.5) is 20.2 Å². The van der Waals surface area contributed by atoms with Gasteiger partial charge in [-0.1, -0.05) is 43.5 Å². The number of nitrogens with zero attached hydrogens (tertiary/aromatic N) is 1. The number of amides is 1. The van der Waals surface area contributed by atoms with Gasteiger partial charge in [0.2, 0.25) is 5.91 Å². The summed E-state index contributed by atoms with van der Waals surface area (Å²) in [7, 11) is 2.14. The fraction of sp³-hybridized carbons (Fsp3) is 0.409. The molecule has 1 aliphatic rings. The van der Waals surface area contributed by atoms with Crippen molar-refractivity contribution in [3.05, 3.63) is 59.7 Å². The van der Waals surface area contributed by atoms with E-state index in [-0.39, 0.29) is 6.54 Å². The molecular weight excluding hydrogens is 360 g/mol. The molecule has 1 amide bonds. The highest BCUT2D eigenvalue weighted by Crippen LogP contribution is 2.25. The van der Waals surface area contributed by atoms with Gasteiger partial charge in [-0.25, -0.2) is 8.78 Å². The van der Waals surface area contributed by atoms with E-state index in [1.807, 2.05) is 24.3 Å². The number of halogens is 2. The Bertz CT molecular complexity index is 786. The van der Waals surface area contributed by atoms with Crippen LogP contribution in [0.2, 0.25) is 0 Å². The van der Waals surface area contributed by atoms with Gasteiger partial charge >= 0.3 is 0 Å². The number of benzene rings is 2. The second-order valence-electron chi connectivity index (χ2n) is 7.36. The van der Waals surface area contributed by atoms with Gasteiger partial charge in [0.15, 0.2) is 0 Å². The van der Waals surface area contributed by atoms with Crippen molar-refractivity contribution >= 4 is 17.3 Å². The lowest BCUT2D eigenvalue weighted by molar-refractivity contribution is -0.114. The number of carbonyl (C=O) groups is 1. The quantitative estimate of drug-likeness (QED) is 0.719. The number of hydrogen-bond donors (Lipinski definition) is 2. The van der Waals surface area contributed by atoms with Crippen molar-refractivity contribution in [1.82, 2.24) is 4.90 Å². The first-order valence-electron chi connectivity index (χ1n) is 9.80. The normalized spacial score (nSPS) is 14.9. The highest BCUT2D eigenvalue weighted by molar-refractivity contribution is 5.94. The number of anilines is 2. The molecular formula is C22H27F2N3O. The summed E-state index contributed by atoms with van der Waals surface area (Å²) in [6.07, 6.45) is 6.33. The Morgan fingerprint density at radius 1 is 1.04 bits per heavy atom. The van der Waals surface area contributed by atoms with Crippen LogP contribution in [-0.2, 0) is 11.3 Å². The summed E-state index contributed by atoms with van der Waals surface area (Å²) in [5.41, 5.74) is 1.54. The average molecular weight is 387 g/mol. The van der Waals surface area contributed by atoms with Gasteiger partial charge in [-0.15, -0.1) is 0 Å². The predicted octanol–water partition coefficient (Wildman–Crippen LogP) is 4.78. The monoisotopic (exact) mass is 387 g/mol. The lowest BCUT2D eigenvalue weighted by atomic mass is 9.94. The Balaban J connectivity index is 1.59. The number of hydrogen-bond acceptors (Lipinski definition) is 3. The van der Waals surface area contributed by atoms with E-state index in [1.165, 1.54) is 38.2 Å².